The minimum Gasteiger partial charge on any atom is -0.414 e. The molecule has 2 aromatic rings. The summed E-state index contributed by atoms with van der Waals surface area (Å²) in [4.78, 5) is 0. The first-order valence-electron chi connectivity index (χ1n) is 6.41. The number of rotatable bonds is 6. The summed E-state index contributed by atoms with van der Waals surface area (Å²) in [6.45, 7) is 4.25. The first-order chi connectivity index (χ1) is 9.15. The molecule has 0 aliphatic rings. The fraction of sp³-hybridized carbons (Fsp3) is 0.429. The number of benzene rings is 1. The second-order valence-corrected chi connectivity index (χ2v) is 5.84. The molecule has 20 heavy (non-hydrogen) atoms. The molecule has 0 saturated carbocycles. The van der Waals surface area contributed by atoms with Crippen LogP contribution in [-0.2, 0) is 5.75 Å². The maximum absolute atomic E-state index is 6.01. The zero-order valence-electron chi connectivity index (χ0n) is 11.7. The molecule has 1 aromatic carbocycles. The van der Waals surface area contributed by atoms with Gasteiger partial charge in [-0.2, -0.15) is 0 Å². The van der Waals surface area contributed by atoms with Crippen molar-refractivity contribution >= 4 is 24.2 Å². The van der Waals surface area contributed by atoms with Crippen LogP contribution >= 0.6 is 24.2 Å². The van der Waals surface area contributed by atoms with Crippen LogP contribution in [0.4, 0.5) is 0 Å². The maximum atomic E-state index is 6.01. The highest BCUT2D eigenvalue weighted by molar-refractivity contribution is 7.98. The molecule has 4 nitrogen and oxygen atoms in total. The predicted molar refractivity (Wildman–Crippen MR) is 83.9 cm³/mol. The zero-order valence-corrected chi connectivity index (χ0v) is 13.3. The molecule has 0 spiro atoms. The van der Waals surface area contributed by atoms with Gasteiger partial charge >= 0.3 is 0 Å². The number of hydrogen-bond donors (Lipinski definition) is 1. The molecule has 1 atom stereocenters. The summed E-state index contributed by atoms with van der Waals surface area (Å²) >= 11 is 1.53. The van der Waals surface area contributed by atoms with Gasteiger partial charge in [-0.15, -0.1) is 22.6 Å². The number of thioether (sulfide) groups is 1. The van der Waals surface area contributed by atoms with Gasteiger partial charge < -0.3 is 10.2 Å². The van der Waals surface area contributed by atoms with Crippen molar-refractivity contribution in [2.24, 2.45) is 11.7 Å². The first-order valence-corrected chi connectivity index (χ1v) is 7.39. The number of nitrogens with two attached hydrogens (primary N) is 1. The monoisotopic (exact) mass is 313 g/mol. The summed E-state index contributed by atoms with van der Waals surface area (Å²) in [7, 11) is 0. The van der Waals surface area contributed by atoms with E-state index in [1.165, 1.54) is 17.3 Å². The number of aromatic nitrogens is 2. The molecule has 0 unspecified atom stereocenters. The van der Waals surface area contributed by atoms with Crippen LogP contribution in [0.1, 0.15) is 37.8 Å². The summed E-state index contributed by atoms with van der Waals surface area (Å²) in [6, 6.07) is 10.0. The Balaban J connectivity index is 0.00000200. The molecule has 2 rings (SSSR count). The molecule has 110 valence electrons. The van der Waals surface area contributed by atoms with Crippen molar-refractivity contribution < 1.29 is 4.42 Å². The van der Waals surface area contributed by atoms with E-state index in [1.54, 1.807) is 0 Å². The Hall–Kier alpha value is -1.04. The summed E-state index contributed by atoms with van der Waals surface area (Å²) in [6.07, 6.45) is 0.852. The van der Waals surface area contributed by atoms with Gasteiger partial charge in [0, 0.05) is 5.75 Å². The van der Waals surface area contributed by atoms with Gasteiger partial charge in [0.25, 0.3) is 5.22 Å². The Bertz CT molecular complexity index is 504. The number of halogens is 1. The minimum absolute atomic E-state index is 0. The van der Waals surface area contributed by atoms with Crippen LogP contribution in [0.5, 0.6) is 0 Å². The molecule has 0 aliphatic carbocycles. The van der Waals surface area contributed by atoms with Gasteiger partial charge in [-0.3, -0.25) is 0 Å². The van der Waals surface area contributed by atoms with E-state index in [9.17, 15) is 0 Å². The first kappa shape index (κ1) is 17.0. The number of nitrogens with zero attached hydrogens (tertiary/aromatic N) is 2. The van der Waals surface area contributed by atoms with Crippen molar-refractivity contribution in [1.29, 1.82) is 0 Å². The molecule has 6 heteroatoms. The van der Waals surface area contributed by atoms with E-state index in [-0.39, 0.29) is 18.4 Å². The zero-order chi connectivity index (χ0) is 13.7. The minimum atomic E-state index is -0.168. The van der Waals surface area contributed by atoms with E-state index < -0.39 is 0 Å². The van der Waals surface area contributed by atoms with Gasteiger partial charge in [0.05, 0.1) is 6.04 Å². The van der Waals surface area contributed by atoms with Crippen LogP contribution in [0.15, 0.2) is 40.0 Å². The fourth-order valence-corrected chi connectivity index (χ4v) is 2.48. The highest BCUT2D eigenvalue weighted by atomic mass is 35.5. The molecule has 2 N–H and O–H groups in total. The van der Waals surface area contributed by atoms with Crippen molar-refractivity contribution in [3.63, 3.8) is 0 Å². The average molecular weight is 314 g/mol. The highest BCUT2D eigenvalue weighted by Crippen LogP contribution is 2.24. The molecular formula is C14H20ClN3OS. The van der Waals surface area contributed by atoms with Gasteiger partial charge in [0.1, 0.15) is 0 Å². The lowest BCUT2D eigenvalue weighted by Crippen LogP contribution is -2.13. The SMILES string of the molecule is CC(C)C[C@H](N)c1nnc(SCc2ccccc2)o1.Cl. The normalized spacial score (nSPS) is 12.2. The molecule has 0 bridgehead atoms. The lowest BCUT2D eigenvalue weighted by molar-refractivity contribution is 0.361. The average Bonchev–Trinajstić information content (AvgIpc) is 2.86. The standard InChI is InChI=1S/C14H19N3OS.ClH/c1-10(2)8-12(15)13-16-17-14(18-13)19-9-11-6-4-3-5-7-11;/h3-7,10,12H,8-9,15H2,1-2H3;1H/t12-;/m0./s1. The fourth-order valence-electron chi connectivity index (χ4n) is 1.76. The second kappa shape index (κ2) is 8.29. The topological polar surface area (TPSA) is 64.9 Å². The van der Waals surface area contributed by atoms with E-state index in [2.05, 4.69) is 36.2 Å². The van der Waals surface area contributed by atoms with Crippen molar-refractivity contribution in [1.82, 2.24) is 10.2 Å². The van der Waals surface area contributed by atoms with E-state index in [0.717, 1.165) is 12.2 Å². The van der Waals surface area contributed by atoms with E-state index in [1.807, 2.05) is 18.2 Å². The van der Waals surface area contributed by atoms with E-state index >= 15 is 0 Å². The largest absolute Gasteiger partial charge is 0.414 e. The molecule has 1 aromatic heterocycles. The van der Waals surface area contributed by atoms with Crippen LogP contribution in [0.25, 0.3) is 0 Å². The summed E-state index contributed by atoms with van der Waals surface area (Å²) in [5, 5.41) is 8.63. The summed E-state index contributed by atoms with van der Waals surface area (Å²) in [5.74, 6) is 1.87. The second-order valence-electron chi connectivity index (χ2n) is 4.92. The molecule has 0 saturated heterocycles. The van der Waals surface area contributed by atoms with E-state index in [4.69, 9.17) is 10.2 Å². The third kappa shape index (κ3) is 5.15. The quantitative estimate of drug-likeness (QED) is 0.821. The third-order valence-corrected chi connectivity index (χ3v) is 3.56. The molecule has 0 fully saturated rings. The van der Waals surface area contributed by atoms with Crippen molar-refractivity contribution in [3.05, 3.63) is 41.8 Å². The van der Waals surface area contributed by atoms with Crippen LogP contribution in [0, 0.1) is 5.92 Å². The third-order valence-electron chi connectivity index (χ3n) is 2.67. The molecular weight excluding hydrogens is 294 g/mol. The van der Waals surface area contributed by atoms with Crippen molar-refractivity contribution in [2.75, 3.05) is 0 Å². The van der Waals surface area contributed by atoms with Gasteiger partial charge in [-0.25, -0.2) is 0 Å². The van der Waals surface area contributed by atoms with Crippen molar-refractivity contribution in [3.8, 4) is 0 Å². The van der Waals surface area contributed by atoms with Gasteiger partial charge in [-0.1, -0.05) is 55.9 Å². The van der Waals surface area contributed by atoms with Gasteiger partial charge in [0.15, 0.2) is 0 Å². The molecule has 0 radical (unpaired) electrons. The van der Waals surface area contributed by atoms with Gasteiger partial charge in [0.2, 0.25) is 5.89 Å². The molecule has 1 heterocycles. The summed E-state index contributed by atoms with van der Waals surface area (Å²) < 4.78 is 5.58. The van der Waals surface area contributed by atoms with Crippen molar-refractivity contribution in [2.45, 2.75) is 37.3 Å². The van der Waals surface area contributed by atoms with E-state index in [0.29, 0.717) is 17.0 Å². The smallest absolute Gasteiger partial charge is 0.276 e. The lowest BCUT2D eigenvalue weighted by atomic mass is 10.1. The molecule has 0 amide bonds. The Labute approximate surface area is 129 Å². The Morgan fingerprint density at radius 1 is 1.20 bits per heavy atom. The lowest BCUT2D eigenvalue weighted by Gasteiger charge is -2.08. The maximum Gasteiger partial charge on any atom is 0.276 e. The van der Waals surface area contributed by atoms with Crippen LogP contribution in [0.3, 0.4) is 0 Å². The Morgan fingerprint density at radius 2 is 1.90 bits per heavy atom. The Morgan fingerprint density at radius 3 is 2.55 bits per heavy atom. The molecule has 0 aliphatic heterocycles. The van der Waals surface area contributed by atoms with Crippen LogP contribution in [-0.4, -0.2) is 10.2 Å². The van der Waals surface area contributed by atoms with Gasteiger partial charge in [-0.05, 0) is 17.9 Å². The number of hydrogen-bond acceptors (Lipinski definition) is 5. The van der Waals surface area contributed by atoms with Crippen LogP contribution < -0.4 is 5.73 Å². The summed E-state index contributed by atoms with van der Waals surface area (Å²) in [5.41, 5.74) is 7.25. The predicted octanol–water partition coefficient (Wildman–Crippen LogP) is 3.83. The van der Waals surface area contributed by atoms with Crippen LogP contribution in [0.2, 0.25) is 0 Å². The Kier molecular flexibility index (Phi) is 7.05. The highest BCUT2D eigenvalue weighted by Gasteiger charge is 2.15.